The fourth-order valence-electron chi connectivity index (χ4n) is 2.65. The van der Waals surface area contributed by atoms with Gasteiger partial charge in [0.2, 0.25) is 0 Å². The molecule has 0 aromatic heterocycles. The van der Waals surface area contributed by atoms with Gasteiger partial charge in [0.25, 0.3) is 5.91 Å². The maximum absolute atomic E-state index is 12.2. The smallest absolute Gasteiger partial charge is 0.260 e. The van der Waals surface area contributed by atoms with Crippen molar-refractivity contribution in [1.29, 1.82) is 0 Å². The van der Waals surface area contributed by atoms with E-state index in [4.69, 9.17) is 10.5 Å². The number of amides is 1. The summed E-state index contributed by atoms with van der Waals surface area (Å²) in [5.74, 6) is 0.765. The number of hydrogen-bond acceptors (Lipinski definition) is 4. The van der Waals surface area contributed by atoms with Crippen molar-refractivity contribution in [3.63, 3.8) is 0 Å². The van der Waals surface area contributed by atoms with Crippen LogP contribution >= 0.6 is 0 Å². The molecular weight excluding hydrogens is 266 g/mol. The standard InChI is InChI=1S/C16H25N3O2/c1-3-18-8-9-19(11-13(18)2)16(20)12-21-15-6-4-14(10-17)5-7-15/h4-7,13H,3,8-12,17H2,1-2H3. The Labute approximate surface area is 126 Å². The molecule has 0 aliphatic carbocycles. The number of rotatable bonds is 5. The van der Waals surface area contributed by atoms with Crippen molar-refractivity contribution in [1.82, 2.24) is 9.80 Å². The molecule has 0 radical (unpaired) electrons. The minimum absolute atomic E-state index is 0.0560. The molecule has 1 fully saturated rings. The van der Waals surface area contributed by atoms with Crippen LogP contribution in [0.25, 0.3) is 0 Å². The van der Waals surface area contributed by atoms with E-state index in [0.29, 0.717) is 18.3 Å². The van der Waals surface area contributed by atoms with Crippen LogP contribution < -0.4 is 10.5 Å². The van der Waals surface area contributed by atoms with E-state index < -0.39 is 0 Å². The Hall–Kier alpha value is -1.59. The largest absolute Gasteiger partial charge is 0.484 e. The van der Waals surface area contributed by atoms with Gasteiger partial charge in [0.05, 0.1) is 0 Å². The molecule has 1 saturated heterocycles. The molecule has 0 spiro atoms. The summed E-state index contributed by atoms with van der Waals surface area (Å²) in [6.07, 6.45) is 0. The van der Waals surface area contributed by atoms with Crippen LogP contribution in [0.4, 0.5) is 0 Å². The predicted octanol–water partition coefficient (Wildman–Crippen LogP) is 1.08. The Morgan fingerprint density at radius 3 is 2.62 bits per heavy atom. The van der Waals surface area contributed by atoms with Crippen molar-refractivity contribution < 1.29 is 9.53 Å². The fourth-order valence-corrected chi connectivity index (χ4v) is 2.65. The molecule has 1 aromatic carbocycles. The Balaban J connectivity index is 1.81. The third kappa shape index (κ3) is 4.19. The maximum atomic E-state index is 12.2. The fraction of sp³-hybridized carbons (Fsp3) is 0.562. The highest BCUT2D eigenvalue weighted by molar-refractivity contribution is 5.78. The van der Waals surface area contributed by atoms with Crippen LogP contribution in [-0.4, -0.2) is 54.5 Å². The molecule has 1 heterocycles. The van der Waals surface area contributed by atoms with Crippen LogP contribution in [0, 0.1) is 0 Å². The molecule has 21 heavy (non-hydrogen) atoms. The molecule has 0 saturated carbocycles. The second kappa shape index (κ2) is 7.43. The van der Waals surface area contributed by atoms with Crippen molar-refractivity contribution in [2.24, 2.45) is 5.73 Å². The molecular formula is C16H25N3O2. The van der Waals surface area contributed by atoms with E-state index >= 15 is 0 Å². The van der Waals surface area contributed by atoms with Gasteiger partial charge in [-0.3, -0.25) is 9.69 Å². The first kappa shape index (κ1) is 15.8. The van der Waals surface area contributed by atoms with Crippen molar-refractivity contribution in [2.45, 2.75) is 26.4 Å². The summed E-state index contributed by atoms with van der Waals surface area (Å²) in [5, 5.41) is 0. The second-order valence-electron chi connectivity index (χ2n) is 5.45. The summed E-state index contributed by atoms with van der Waals surface area (Å²) in [6, 6.07) is 7.96. The first-order chi connectivity index (χ1) is 10.1. The predicted molar refractivity (Wildman–Crippen MR) is 83.1 cm³/mol. The van der Waals surface area contributed by atoms with Crippen molar-refractivity contribution >= 4 is 5.91 Å². The molecule has 1 unspecified atom stereocenters. The maximum Gasteiger partial charge on any atom is 0.260 e. The minimum atomic E-state index is 0.0560. The zero-order chi connectivity index (χ0) is 15.2. The Morgan fingerprint density at radius 2 is 2.05 bits per heavy atom. The number of nitrogens with zero attached hydrogens (tertiary/aromatic N) is 2. The number of carbonyl (C=O) groups excluding carboxylic acids is 1. The van der Waals surface area contributed by atoms with E-state index in [9.17, 15) is 4.79 Å². The number of nitrogens with two attached hydrogens (primary N) is 1. The number of ether oxygens (including phenoxy) is 1. The molecule has 2 N–H and O–H groups in total. The quantitative estimate of drug-likeness (QED) is 0.882. The lowest BCUT2D eigenvalue weighted by atomic mass is 10.2. The number of benzene rings is 1. The number of hydrogen-bond donors (Lipinski definition) is 1. The van der Waals surface area contributed by atoms with Crippen molar-refractivity contribution in [3.05, 3.63) is 29.8 Å². The minimum Gasteiger partial charge on any atom is -0.484 e. The van der Waals surface area contributed by atoms with Crippen LogP contribution in [-0.2, 0) is 11.3 Å². The Kier molecular flexibility index (Phi) is 5.59. The average molecular weight is 291 g/mol. The molecule has 2 rings (SSSR count). The van der Waals surface area contributed by atoms with Gasteiger partial charge < -0.3 is 15.4 Å². The van der Waals surface area contributed by atoms with Crippen LogP contribution in [0.3, 0.4) is 0 Å². The van der Waals surface area contributed by atoms with Gasteiger partial charge in [-0.15, -0.1) is 0 Å². The molecule has 5 heteroatoms. The van der Waals surface area contributed by atoms with Gasteiger partial charge in [-0.2, -0.15) is 0 Å². The molecule has 1 aromatic rings. The van der Waals surface area contributed by atoms with Gasteiger partial charge in [0, 0.05) is 32.2 Å². The topological polar surface area (TPSA) is 58.8 Å². The first-order valence-corrected chi connectivity index (χ1v) is 7.57. The first-order valence-electron chi connectivity index (χ1n) is 7.57. The van der Waals surface area contributed by atoms with E-state index in [1.165, 1.54) is 0 Å². The Bertz CT molecular complexity index is 461. The zero-order valence-corrected chi connectivity index (χ0v) is 12.9. The SMILES string of the molecule is CCN1CCN(C(=O)COc2ccc(CN)cc2)CC1C. The zero-order valence-electron chi connectivity index (χ0n) is 12.9. The van der Waals surface area contributed by atoms with Gasteiger partial charge in [0.15, 0.2) is 6.61 Å². The van der Waals surface area contributed by atoms with Crippen LogP contribution in [0.5, 0.6) is 5.75 Å². The molecule has 116 valence electrons. The van der Waals surface area contributed by atoms with E-state index in [1.54, 1.807) is 0 Å². The molecule has 1 aliphatic heterocycles. The third-order valence-corrected chi connectivity index (χ3v) is 4.05. The third-order valence-electron chi connectivity index (χ3n) is 4.05. The van der Waals surface area contributed by atoms with E-state index in [-0.39, 0.29) is 12.5 Å². The Morgan fingerprint density at radius 1 is 1.33 bits per heavy atom. The van der Waals surface area contributed by atoms with Gasteiger partial charge >= 0.3 is 0 Å². The summed E-state index contributed by atoms with van der Waals surface area (Å²) in [5.41, 5.74) is 6.60. The highest BCUT2D eigenvalue weighted by Gasteiger charge is 2.25. The summed E-state index contributed by atoms with van der Waals surface area (Å²) < 4.78 is 5.56. The summed E-state index contributed by atoms with van der Waals surface area (Å²) in [7, 11) is 0. The number of likely N-dealkylation sites (N-methyl/N-ethyl adjacent to an activating group) is 1. The lowest BCUT2D eigenvalue weighted by molar-refractivity contribution is -0.136. The van der Waals surface area contributed by atoms with Crippen molar-refractivity contribution in [3.8, 4) is 5.75 Å². The van der Waals surface area contributed by atoms with Crippen LogP contribution in [0.15, 0.2) is 24.3 Å². The molecule has 5 nitrogen and oxygen atoms in total. The lowest BCUT2D eigenvalue weighted by Crippen LogP contribution is -2.54. The van der Waals surface area contributed by atoms with Gasteiger partial charge in [-0.05, 0) is 31.2 Å². The second-order valence-corrected chi connectivity index (χ2v) is 5.45. The monoisotopic (exact) mass is 291 g/mol. The highest BCUT2D eigenvalue weighted by atomic mass is 16.5. The average Bonchev–Trinajstić information content (AvgIpc) is 2.53. The summed E-state index contributed by atoms with van der Waals surface area (Å²) >= 11 is 0. The van der Waals surface area contributed by atoms with E-state index in [1.807, 2.05) is 29.2 Å². The van der Waals surface area contributed by atoms with E-state index in [2.05, 4.69) is 18.7 Å². The normalized spacial score (nSPS) is 19.6. The molecule has 1 amide bonds. The summed E-state index contributed by atoms with van der Waals surface area (Å²) in [4.78, 5) is 16.5. The van der Waals surface area contributed by atoms with Crippen LogP contribution in [0.1, 0.15) is 19.4 Å². The van der Waals surface area contributed by atoms with E-state index in [0.717, 1.165) is 31.7 Å². The van der Waals surface area contributed by atoms with Crippen molar-refractivity contribution in [2.75, 3.05) is 32.8 Å². The van der Waals surface area contributed by atoms with Gasteiger partial charge in [-0.1, -0.05) is 19.1 Å². The lowest BCUT2D eigenvalue weighted by Gasteiger charge is -2.39. The molecule has 1 aliphatic rings. The molecule has 0 bridgehead atoms. The number of carbonyl (C=O) groups is 1. The van der Waals surface area contributed by atoms with Crippen LogP contribution in [0.2, 0.25) is 0 Å². The van der Waals surface area contributed by atoms with Gasteiger partial charge in [0.1, 0.15) is 5.75 Å². The number of piperazine rings is 1. The molecule has 1 atom stereocenters. The van der Waals surface area contributed by atoms with Gasteiger partial charge in [-0.25, -0.2) is 0 Å². The summed E-state index contributed by atoms with van der Waals surface area (Å²) in [6.45, 7) is 8.47. The highest BCUT2D eigenvalue weighted by Crippen LogP contribution is 2.13.